The number of pyridine rings is 1. The second kappa shape index (κ2) is 8.11. The second-order valence-electron chi connectivity index (χ2n) is 6.10. The van der Waals surface area contributed by atoms with Crippen LogP contribution in [0.5, 0.6) is 0 Å². The predicted octanol–water partition coefficient (Wildman–Crippen LogP) is 2.95. The van der Waals surface area contributed by atoms with E-state index in [9.17, 15) is 4.79 Å². The number of carbonyl (C=O) groups excluding carboxylic acids is 1. The van der Waals surface area contributed by atoms with E-state index in [1.807, 2.05) is 29.2 Å². The summed E-state index contributed by atoms with van der Waals surface area (Å²) in [5.74, 6) is 0.00406. The Balaban J connectivity index is 1.59. The lowest BCUT2D eigenvalue weighted by Gasteiger charge is -2.22. The molecule has 0 N–H and O–H groups in total. The van der Waals surface area contributed by atoms with Gasteiger partial charge in [-0.25, -0.2) is 4.98 Å². The summed E-state index contributed by atoms with van der Waals surface area (Å²) in [6.45, 7) is 4.04. The Kier molecular flexibility index (Phi) is 5.64. The topological polar surface area (TPSA) is 60.2 Å². The van der Waals surface area contributed by atoms with Crippen molar-refractivity contribution in [3.05, 3.63) is 64.4 Å². The Morgan fingerprint density at radius 1 is 1.12 bits per heavy atom. The molecule has 0 unspecified atom stereocenters. The van der Waals surface area contributed by atoms with Crippen molar-refractivity contribution in [2.45, 2.75) is 13.0 Å². The van der Waals surface area contributed by atoms with Gasteiger partial charge in [-0.2, -0.15) is 5.26 Å². The first-order valence-corrected chi connectivity index (χ1v) is 8.66. The lowest BCUT2D eigenvalue weighted by atomic mass is 10.1. The van der Waals surface area contributed by atoms with Gasteiger partial charge < -0.3 is 4.90 Å². The minimum absolute atomic E-state index is 0.00406. The molecule has 1 aliphatic rings. The molecule has 0 aliphatic carbocycles. The highest BCUT2D eigenvalue weighted by Crippen LogP contribution is 2.13. The van der Waals surface area contributed by atoms with E-state index < -0.39 is 0 Å². The predicted molar refractivity (Wildman–Crippen MR) is 96.2 cm³/mol. The summed E-state index contributed by atoms with van der Waals surface area (Å²) in [5, 5.41) is 9.26. The first-order valence-electron chi connectivity index (χ1n) is 8.28. The highest BCUT2D eigenvalue weighted by molar-refractivity contribution is 6.29. The lowest BCUT2D eigenvalue weighted by molar-refractivity contribution is 0.0760. The zero-order valence-corrected chi connectivity index (χ0v) is 14.6. The standard InChI is InChI=1S/C19H19ClN4O/c20-18-7-6-17(13-22-18)19(25)24-9-1-8-23(10-11-24)14-16-4-2-15(12-21)3-5-16/h2-7,13H,1,8-11,14H2. The van der Waals surface area contributed by atoms with Crippen LogP contribution in [-0.4, -0.2) is 46.9 Å². The van der Waals surface area contributed by atoms with E-state index >= 15 is 0 Å². The molecule has 0 radical (unpaired) electrons. The molecule has 5 nitrogen and oxygen atoms in total. The Morgan fingerprint density at radius 3 is 2.60 bits per heavy atom. The Morgan fingerprint density at radius 2 is 1.92 bits per heavy atom. The Bertz CT molecular complexity index is 768. The summed E-state index contributed by atoms with van der Waals surface area (Å²) in [6, 6.07) is 13.2. The van der Waals surface area contributed by atoms with Gasteiger partial charge in [-0.15, -0.1) is 0 Å². The van der Waals surface area contributed by atoms with Crippen LogP contribution in [0.4, 0.5) is 0 Å². The van der Waals surface area contributed by atoms with Crippen LogP contribution in [-0.2, 0) is 6.54 Å². The van der Waals surface area contributed by atoms with Gasteiger partial charge in [0.25, 0.3) is 5.91 Å². The van der Waals surface area contributed by atoms with E-state index in [1.54, 1.807) is 12.1 Å². The quantitative estimate of drug-likeness (QED) is 0.795. The summed E-state index contributed by atoms with van der Waals surface area (Å²) in [6.07, 6.45) is 2.47. The number of nitriles is 1. The molecule has 128 valence electrons. The van der Waals surface area contributed by atoms with Crippen molar-refractivity contribution in [2.75, 3.05) is 26.2 Å². The van der Waals surface area contributed by atoms with Crippen LogP contribution in [0.15, 0.2) is 42.6 Å². The highest BCUT2D eigenvalue weighted by Gasteiger charge is 2.20. The molecule has 0 saturated carbocycles. The minimum Gasteiger partial charge on any atom is -0.337 e. The van der Waals surface area contributed by atoms with Crippen molar-refractivity contribution in [3.8, 4) is 6.07 Å². The molecule has 1 fully saturated rings. The number of amides is 1. The average Bonchev–Trinajstić information content (AvgIpc) is 2.88. The van der Waals surface area contributed by atoms with E-state index in [-0.39, 0.29) is 5.91 Å². The van der Waals surface area contributed by atoms with Crippen LogP contribution >= 0.6 is 11.6 Å². The molecule has 6 heteroatoms. The zero-order chi connectivity index (χ0) is 17.6. The van der Waals surface area contributed by atoms with Gasteiger partial charge in [-0.1, -0.05) is 23.7 Å². The summed E-state index contributed by atoms with van der Waals surface area (Å²) in [5.41, 5.74) is 2.43. The molecular formula is C19H19ClN4O. The van der Waals surface area contributed by atoms with Crippen molar-refractivity contribution in [2.24, 2.45) is 0 Å². The maximum Gasteiger partial charge on any atom is 0.255 e. The van der Waals surface area contributed by atoms with Crippen LogP contribution in [0.3, 0.4) is 0 Å². The summed E-state index contributed by atoms with van der Waals surface area (Å²) in [4.78, 5) is 20.8. The molecule has 2 aromatic rings. The van der Waals surface area contributed by atoms with Crippen molar-refractivity contribution >= 4 is 17.5 Å². The number of nitrogens with zero attached hydrogens (tertiary/aromatic N) is 4. The third-order valence-corrected chi connectivity index (χ3v) is 4.56. The third kappa shape index (κ3) is 4.56. The van der Waals surface area contributed by atoms with Gasteiger partial charge in [0, 0.05) is 38.9 Å². The molecule has 1 amide bonds. The smallest absolute Gasteiger partial charge is 0.255 e. The number of aromatic nitrogens is 1. The largest absolute Gasteiger partial charge is 0.337 e. The van der Waals surface area contributed by atoms with E-state index in [0.717, 1.165) is 32.6 Å². The van der Waals surface area contributed by atoms with Crippen LogP contribution in [0.2, 0.25) is 5.15 Å². The van der Waals surface area contributed by atoms with E-state index in [1.165, 1.54) is 11.8 Å². The Hall–Kier alpha value is -2.42. The molecule has 0 bridgehead atoms. The number of benzene rings is 1. The lowest BCUT2D eigenvalue weighted by Crippen LogP contribution is -2.35. The van der Waals surface area contributed by atoms with Crippen molar-refractivity contribution in [1.29, 1.82) is 5.26 Å². The van der Waals surface area contributed by atoms with Gasteiger partial charge in [0.1, 0.15) is 5.15 Å². The summed E-state index contributed by atoms with van der Waals surface area (Å²) < 4.78 is 0. The highest BCUT2D eigenvalue weighted by atomic mass is 35.5. The second-order valence-corrected chi connectivity index (χ2v) is 6.49. The third-order valence-electron chi connectivity index (χ3n) is 4.34. The number of halogens is 1. The van der Waals surface area contributed by atoms with Gasteiger partial charge >= 0.3 is 0 Å². The zero-order valence-electron chi connectivity index (χ0n) is 13.9. The molecule has 0 spiro atoms. The first kappa shape index (κ1) is 17.4. The Labute approximate surface area is 152 Å². The monoisotopic (exact) mass is 354 g/mol. The number of carbonyl (C=O) groups is 1. The average molecular weight is 355 g/mol. The van der Waals surface area contributed by atoms with E-state index in [2.05, 4.69) is 16.0 Å². The fourth-order valence-electron chi connectivity index (χ4n) is 2.96. The fraction of sp³-hybridized carbons (Fsp3) is 0.316. The van der Waals surface area contributed by atoms with Crippen molar-refractivity contribution in [3.63, 3.8) is 0 Å². The summed E-state index contributed by atoms with van der Waals surface area (Å²) >= 11 is 5.78. The van der Waals surface area contributed by atoms with Crippen LogP contribution < -0.4 is 0 Å². The molecular weight excluding hydrogens is 336 g/mol. The van der Waals surface area contributed by atoms with Crippen LogP contribution in [0, 0.1) is 11.3 Å². The van der Waals surface area contributed by atoms with E-state index in [0.29, 0.717) is 22.8 Å². The van der Waals surface area contributed by atoms with Gasteiger partial charge in [0.15, 0.2) is 0 Å². The number of hydrogen-bond donors (Lipinski definition) is 0. The van der Waals surface area contributed by atoms with Gasteiger partial charge in [0.2, 0.25) is 0 Å². The molecule has 0 atom stereocenters. The van der Waals surface area contributed by atoms with Crippen LogP contribution in [0.25, 0.3) is 0 Å². The van der Waals surface area contributed by atoms with Crippen molar-refractivity contribution in [1.82, 2.24) is 14.8 Å². The van der Waals surface area contributed by atoms with Gasteiger partial charge in [-0.3, -0.25) is 9.69 Å². The van der Waals surface area contributed by atoms with Crippen LogP contribution in [0.1, 0.15) is 27.9 Å². The summed E-state index contributed by atoms with van der Waals surface area (Å²) in [7, 11) is 0. The number of rotatable bonds is 3. The number of hydrogen-bond acceptors (Lipinski definition) is 4. The maximum absolute atomic E-state index is 12.6. The fourth-order valence-corrected chi connectivity index (χ4v) is 3.07. The minimum atomic E-state index is 0.00406. The SMILES string of the molecule is N#Cc1ccc(CN2CCCN(C(=O)c3ccc(Cl)nc3)CC2)cc1. The molecule has 3 rings (SSSR count). The normalized spacial score (nSPS) is 15.4. The van der Waals surface area contributed by atoms with Crippen molar-refractivity contribution < 1.29 is 4.79 Å². The molecule has 25 heavy (non-hydrogen) atoms. The molecule has 1 aliphatic heterocycles. The van der Waals surface area contributed by atoms with Gasteiger partial charge in [0.05, 0.1) is 17.2 Å². The van der Waals surface area contributed by atoms with Gasteiger partial charge in [-0.05, 0) is 36.2 Å². The molecule has 1 saturated heterocycles. The molecule has 1 aromatic heterocycles. The molecule has 1 aromatic carbocycles. The first-order chi connectivity index (χ1) is 12.2. The molecule has 2 heterocycles. The van der Waals surface area contributed by atoms with E-state index in [4.69, 9.17) is 16.9 Å². The maximum atomic E-state index is 12.6.